The average molecular weight is 280 g/mol. The second-order valence-corrected chi connectivity index (χ2v) is 5.10. The van der Waals surface area contributed by atoms with Crippen molar-refractivity contribution in [2.24, 2.45) is 0 Å². The molecular formula is C17H16N2O2. The molecule has 2 heterocycles. The molecule has 2 aromatic heterocycles. The van der Waals surface area contributed by atoms with E-state index in [1.54, 1.807) is 12.3 Å². The number of hydrogen-bond acceptors (Lipinski definition) is 2. The Hall–Kier alpha value is -2.62. The molecule has 4 nitrogen and oxygen atoms in total. The van der Waals surface area contributed by atoms with E-state index in [0.717, 1.165) is 11.3 Å². The van der Waals surface area contributed by atoms with Gasteiger partial charge in [-0.3, -0.25) is 0 Å². The maximum Gasteiger partial charge on any atom is 0.338 e. The van der Waals surface area contributed by atoms with Gasteiger partial charge < -0.3 is 9.67 Å². The van der Waals surface area contributed by atoms with Crippen LogP contribution in [0.4, 0.5) is 0 Å². The van der Waals surface area contributed by atoms with Crippen LogP contribution in [-0.2, 0) is 0 Å². The van der Waals surface area contributed by atoms with E-state index < -0.39 is 5.97 Å². The molecule has 0 amide bonds. The summed E-state index contributed by atoms with van der Waals surface area (Å²) in [7, 11) is 0. The lowest BCUT2D eigenvalue weighted by molar-refractivity contribution is 0.0698. The maximum atomic E-state index is 11.6. The predicted molar refractivity (Wildman–Crippen MR) is 81.7 cm³/mol. The van der Waals surface area contributed by atoms with Gasteiger partial charge in [0.05, 0.1) is 11.6 Å². The number of carboxylic acids is 1. The highest BCUT2D eigenvalue weighted by molar-refractivity contribution is 6.04. The Morgan fingerprint density at radius 1 is 1.19 bits per heavy atom. The monoisotopic (exact) mass is 280 g/mol. The van der Waals surface area contributed by atoms with Crippen molar-refractivity contribution in [3.8, 4) is 0 Å². The Labute approximate surface area is 122 Å². The van der Waals surface area contributed by atoms with Crippen molar-refractivity contribution in [3.63, 3.8) is 0 Å². The van der Waals surface area contributed by atoms with Crippen molar-refractivity contribution in [1.82, 2.24) is 9.55 Å². The Balaban J connectivity index is 2.28. The summed E-state index contributed by atoms with van der Waals surface area (Å²) in [5, 5.41) is 10.2. The van der Waals surface area contributed by atoms with Crippen LogP contribution >= 0.6 is 0 Å². The molecule has 106 valence electrons. The van der Waals surface area contributed by atoms with Crippen molar-refractivity contribution in [2.45, 2.75) is 19.9 Å². The first-order valence-electron chi connectivity index (χ1n) is 6.85. The number of rotatable bonds is 3. The second-order valence-electron chi connectivity index (χ2n) is 5.10. The molecule has 0 bridgehead atoms. The molecule has 0 aliphatic heterocycles. The van der Waals surface area contributed by atoms with Crippen LogP contribution in [0.3, 0.4) is 0 Å². The van der Waals surface area contributed by atoms with Crippen LogP contribution in [0.1, 0.15) is 34.6 Å². The number of nitrogens with zero attached hydrogens (tertiary/aromatic N) is 2. The van der Waals surface area contributed by atoms with E-state index in [1.807, 2.05) is 47.9 Å². The first-order valence-corrected chi connectivity index (χ1v) is 6.85. The number of aromatic carboxylic acids is 1. The van der Waals surface area contributed by atoms with Crippen LogP contribution in [0.15, 0.2) is 48.7 Å². The normalized spacial score (nSPS) is 12.5. The zero-order valence-electron chi connectivity index (χ0n) is 11.9. The van der Waals surface area contributed by atoms with Crippen LogP contribution in [-0.4, -0.2) is 20.6 Å². The van der Waals surface area contributed by atoms with Crippen LogP contribution in [0.5, 0.6) is 0 Å². The van der Waals surface area contributed by atoms with E-state index >= 15 is 0 Å². The molecule has 0 aliphatic carbocycles. The highest BCUT2D eigenvalue weighted by Crippen LogP contribution is 2.30. The van der Waals surface area contributed by atoms with Gasteiger partial charge in [0.2, 0.25) is 0 Å². The second kappa shape index (κ2) is 5.05. The number of aromatic nitrogens is 2. The predicted octanol–water partition coefficient (Wildman–Crippen LogP) is 3.65. The minimum atomic E-state index is -0.912. The van der Waals surface area contributed by atoms with E-state index in [1.165, 1.54) is 0 Å². The van der Waals surface area contributed by atoms with Crippen LogP contribution in [0, 0.1) is 6.92 Å². The third kappa shape index (κ3) is 2.09. The topological polar surface area (TPSA) is 55.1 Å². The number of fused-ring (bicyclic) bond motifs is 1. The fourth-order valence-electron chi connectivity index (χ4n) is 2.88. The Bertz CT molecular complexity index is 806. The lowest BCUT2D eigenvalue weighted by atomic mass is 10.1. The standard InChI is InChI=1S/C17H16N2O2/c1-11(13-7-4-3-5-8-13)19-12(2)15(17(20)21)14-9-6-10-18-16(14)19/h3-11H,1-2H3,(H,20,21). The maximum absolute atomic E-state index is 11.6. The molecule has 1 aromatic carbocycles. The van der Waals surface area contributed by atoms with Crippen molar-refractivity contribution in [2.75, 3.05) is 0 Å². The van der Waals surface area contributed by atoms with Crippen LogP contribution in [0.2, 0.25) is 0 Å². The Morgan fingerprint density at radius 2 is 1.90 bits per heavy atom. The molecule has 0 saturated carbocycles. The van der Waals surface area contributed by atoms with Crippen molar-refractivity contribution >= 4 is 17.0 Å². The molecule has 0 fully saturated rings. The molecule has 0 aliphatic rings. The van der Waals surface area contributed by atoms with Gasteiger partial charge in [-0.2, -0.15) is 0 Å². The van der Waals surface area contributed by atoms with Gasteiger partial charge in [0.15, 0.2) is 0 Å². The number of benzene rings is 1. The van der Waals surface area contributed by atoms with Gasteiger partial charge in [0.1, 0.15) is 5.65 Å². The van der Waals surface area contributed by atoms with E-state index in [4.69, 9.17) is 0 Å². The first-order chi connectivity index (χ1) is 10.1. The van der Waals surface area contributed by atoms with E-state index in [9.17, 15) is 9.90 Å². The number of pyridine rings is 1. The largest absolute Gasteiger partial charge is 0.478 e. The zero-order chi connectivity index (χ0) is 15.0. The number of carbonyl (C=O) groups is 1. The molecule has 1 unspecified atom stereocenters. The summed E-state index contributed by atoms with van der Waals surface area (Å²) in [6, 6.07) is 13.6. The Kier molecular flexibility index (Phi) is 3.22. The summed E-state index contributed by atoms with van der Waals surface area (Å²) in [6.45, 7) is 3.90. The minimum absolute atomic E-state index is 0.0247. The summed E-state index contributed by atoms with van der Waals surface area (Å²) >= 11 is 0. The molecular weight excluding hydrogens is 264 g/mol. The molecule has 0 saturated heterocycles. The Morgan fingerprint density at radius 3 is 2.57 bits per heavy atom. The summed E-state index contributed by atoms with van der Waals surface area (Å²) in [5.41, 5.74) is 2.90. The smallest absolute Gasteiger partial charge is 0.338 e. The molecule has 0 radical (unpaired) electrons. The van der Waals surface area contributed by atoms with Gasteiger partial charge in [0.25, 0.3) is 0 Å². The van der Waals surface area contributed by atoms with E-state index in [-0.39, 0.29) is 6.04 Å². The van der Waals surface area contributed by atoms with Gasteiger partial charge >= 0.3 is 5.97 Å². The van der Waals surface area contributed by atoms with Crippen LogP contribution < -0.4 is 0 Å². The summed E-state index contributed by atoms with van der Waals surface area (Å²) < 4.78 is 1.99. The molecule has 1 atom stereocenters. The molecule has 3 aromatic rings. The van der Waals surface area contributed by atoms with Gasteiger partial charge in [-0.05, 0) is 31.5 Å². The van der Waals surface area contributed by atoms with Gasteiger partial charge in [0, 0.05) is 17.3 Å². The van der Waals surface area contributed by atoms with E-state index in [2.05, 4.69) is 11.9 Å². The fourth-order valence-corrected chi connectivity index (χ4v) is 2.88. The molecule has 4 heteroatoms. The average Bonchev–Trinajstić information content (AvgIpc) is 2.79. The number of carboxylic acid groups (broad SMARTS) is 1. The SMILES string of the molecule is Cc1c(C(=O)O)c2cccnc2n1C(C)c1ccccc1. The lowest BCUT2D eigenvalue weighted by Gasteiger charge is -2.17. The summed E-state index contributed by atoms with van der Waals surface area (Å²) in [5.74, 6) is -0.912. The van der Waals surface area contributed by atoms with E-state index in [0.29, 0.717) is 16.6 Å². The molecule has 1 N–H and O–H groups in total. The van der Waals surface area contributed by atoms with Crippen LogP contribution in [0.25, 0.3) is 11.0 Å². The third-order valence-electron chi connectivity index (χ3n) is 3.89. The summed E-state index contributed by atoms with van der Waals surface area (Å²) in [6.07, 6.45) is 1.70. The zero-order valence-corrected chi connectivity index (χ0v) is 11.9. The number of hydrogen-bond donors (Lipinski definition) is 1. The minimum Gasteiger partial charge on any atom is -0.478 e. The fraction of sp³-hybridized carbons (Fsp3) is 0.176. The highest BCUT2D eigenvalue weighted by atomic mass is 16.4. The van der Waals surface area contributed by atoms with Gasteiger partial charge in [-0.15, -0.1) is 0 Å². The lowest BCUT2D eigenvalue weighted by Crippen LogP contribution is -2.10. The first kappa shape index (κ1) is 13.4. The molecule has 0 spiro atoms. The summed E-state index contributed by atoms with van der Waals surface area (Å²) in [4.78, 5) is 16.0. The van der Waals surface area contributed by atoms with Crippen molar-refractivity contribution < 1.29 is 9.90 Å². The highest BCUT2D eigenvalue weighted by Gasteiger charge is 2.23. The third-order valence-corrected chi connectivity index (χ3v) is 3.89. The van der Waals surface area contributed by atoms with Crippen molar-refractivity contribution in [3.05, 3.63) is 65.5 Å². The molecule has 21 heavy (non-hydrogen) atoms. The quantitative estimate of drug-likeness (QED) is 0.796. The van der Waals surface area contributed by atoms with Crippen molar-refractivity contribution in [1.29, 1.82) is 0 Å². The molecule has 3 rings (SSSR count). The van der Waals surface area contributed by atoms with Gasteiger partial charge in [-0.1, -0.05) is 30.3 Å². The van der Waals surface area contributed by atoms with Gasteiger partial charge in [-0.25, -0.2) is 9.78 Å².